The van der Waals surface area contributed by atoms with E-state index in [2.05, 4.69) is 22.8 Å². The quantitative estimate of drug-likeness (QED) is 0.632. The van der Waals surface area contributed by atoms with Crippen LogP contribution in [-0.4, -0.2) is 32.1 Å². The zero-order chi connectivity index (χ0) is 22.4. The topological polar surface area (TPSA) is 76.7 Å². The minimum atomic E-state index is -0.290. The summed E-state index contributed by atoms with van der Waals surface area (Å²) in [6.45, 7) is 3.92. The Morgan fingerprint density at radius 1 is 1.00 bits per heavy atom. The molecular weight excluding hydrogens is 392 g/mol. The van der Waals surface area contributed by atoms with E-state index in [0.717, 1.165) is 24.8 Å². The van der Waals surface area contributed by atoms with E-state index >= 15 is 0 Å². The van der Waals surface area contributed by atoms with E-state index in [1.54, 1.807) is 37.4 Å². The summed E-state index contributed by atoms with van der Waals surface area (Å²) in [6, 6.07) is 10.4. The van der Waals surface area contributed by atoms with Crippen LogP contribution in [0.4, 0.5) is 5.69 Å². The summed E-state index contributed by atoms with van der Waals surface area (Å²) >= 11 is 0. The van der Waals surface area contributed by atoms with Gasteiger partial charge in [0.05, 0.1) is 14.2 Å². The molecule has 164 valence electrons. The normalized spacial score (nSPS) is 16.3. The second-order valence-electron chi connectivity index (χ2n) is 7.84. The molecule has 6 nitrogen and oxygen atoms in total. The highest BCUT2D eigenvalue weighted by Gasteiger charge is 2.20. The molecule has 0 aliphatic heterocycles. The molecule has 3 rings (SSSR count). The molecule has 31 heavy (non-hydrogen) atoms. The molecular formula is C25H30N2O4. The number of benzene rings is 2. The number of carbonyl (C=O) groups excluding carboxylic acids is 2. The SMILES string of the molecule is COc1ccc(C(=O)Nc2cc(C(=O)NC(C)C3C=CCCC3)ccc2C)cc1OC. The second kappa shape index (κ2) is 10.2. The van der Waals surface area contributed by atoms with Gasteiger partial charge in [-0.1, -0.05) is 18.2 Å². The standard InChI is InChI=1S/C25H30N2O4/c1-16-10-11-19(24(28)26-17(2)18-8-6-5-7-9-18)14-21(16)27-25(29)20-12-13-22(30-3)23(15-20)31-4/h6,8,10-15,17-18H,5,7,9H2,1-4H3,(H,26,28)(H,27,29). The van der Waals surface area contributed by atoms with Crippen molar-refractivity contribution in [2.75, 3.05) is 19.5 Å². The lowest BCUT2D eigenvalue weighted by Gasteiger charge is -2.24. The van der Waals surface area contributed by atoms with Crippen molar-refractivity contribution in [1.29, 1.82) is 0 Å². The predicted molar refractivity (Wildman–Crippen MR) is 122 cm³/mol. The lowest BCUT2D eigenvalue weighted by Crippen LogP contribution is -2.38. The van der Waals surface area contributed by atoms with Crippen LogP contribution in [0, 0.1) is 12.8 Å². The summed E-state index contributed by atoms with van der Waals surface area (Å²) in [5.41, 5.74) is 2.41. The average Bonchev–Trinajstić information content (AvgIpc) is 2.80. The smallest absolute Gasteiger partial charge is 0.255 e. The van der Waals surface area contributed by atoms with Crippen molar-refractivity contribution in [2.24, 2.45) is 5.92 Å². The molecule has 0 aromatic heterocycles. The molecule has 2 atom stereocenters. The van der Waals surface area contributed by atoms with Crippen LogP contribution in [0.1, 0.15) is 52.5 Å². The first kappa shape index (κ1) is 22.4. The number of nitrogens with one attached hydrogen (secondary N) is 2. The first-order valence-corrected chi connectivity index (χ1v) is 10.5. The number of allylic oxidation sites excluding steroid dienone is 1. The third-order valence-electron chi connectivity index (χ3n) is 5.69. The van der Waals surface area contributed by atoms with Crippen LogP contribution in [0.3, 0.4) is 0 Å². The van der Waals surface area contributed by atoms with Gasteiger partial charge in [-0.05, 0) is 74.9 Å². The lowest BCUT2D eigenvalue weighted by molar-refractivity contribution is 0.0929. The van der Waals surface area contributed by atoms with Crippen LogP contribution >= 0.6 is 0 Å². The van der Waals surface area contributed by atoms with E-state index in [-0.39, 0.29) is 17.9 Å². The molecule has 1 aliphatic carbocycles. The molecule has 2 N–H and O–H groups in total. The number of hydrogen-bond donors (Lipinski definition) is 2. The van der Waals surface area contributed by atoms with Gasteiger partial charge >= 0.3 is 0 Å². The highest BCUT2D eigenvalue weighted by Crippen LogP contribution is 2.28. The van der Waals surface area contributed by atoms with Crippen molar-refractivity contribution >= 4 is 17.5 Å². The summed E-state index contributed by atoms with van der Waals surface area (Å²) in [5.74, 6) is 0.948. The van der Waals surface area contributed by atoms with E-state index in [9.17, 15) is 9.59 Å². The predicted octanol–water partition coefficient (Wildman–Crippen LogP) is 4.74. The fraction of sp³-hybridized carbons (Fsp3) is 0.360. The third kappa shape index (κ3) is 5.45. The third-order valence-corrected chi connectivity index (χ3v) is 5.69. The van der Waals surface area contributed by atoms with Gasteiger partial charge in [0.15, 0.2) is 11.5 Å². The molecule has 0 saturated heterocycles. The Kier molecular flexibility index (Phi) is 7.34. The molecule has 0 radical (unpaired) electrons. The van der Waals surface area contributed by atoms with Gasteiger partial charge in [-0.3, -0.25) is 9.59 Å². The Bertz CT molecular complexity index is 983. The van der Waals surface area contributed by atoms with Crippen LogP contribution in [0.15, 0.2) is 48.6 Å². The Morgan fingerprint density at radius 2 is 1.71 bits per heavy atom. The van der Waals surface area contributed by atoms with Gasteiger partial charge in [-0.25, -0.2) is 0 Å². The van der Waals surface area contributed by atoms with E-state index < -0.39 is 0 Å². The lowest BCUT2D eigenvalue weighted by atomic mass is 9.90. The zero-order valence-electron chi connectivity index (χ0n) is 18.5. The summed E-state index contributed by atoms with van der Waals surface area (Å²) in [6.07, 6.45) is 7.72. The van der Waals surface area contributed by atoms with Crippen molar-refractivity contribution in [3.63, 3.8) is 0 Å². The molecule has 2 amide bonds. The molecule has 2 unspecified atom stereocenters. The molecule has 0 saturated carbocycles. The molecule has 0 fully saturated rings. The van der Waals surface area contributed by atoms with E-state index in [4.69, 9.17) is 9.47 Å². The number of carbonyl (C=O) groups is 2. The summed E-state index contributed by atoms with van der Waals surface area (Å²) in [7, 11) is 3.07. The second-order valence-corrected chi connectivity index (χ2v) is 7.84. The van der Waals surface area contributed by atoms with Crippen molar-refractivity contribution < 1.29 is 19.1 Å². The number of amides is 2. The number of hydrogen-bond acceptors (Lipinski definition) is 4. The van der Waals surface area contributed by atoms with Gasteiger partial charge < -0.3 is 20.1 Å². The Morgan fingerprint density at radius 3 is 2.39 bits per heavy atom. The van der Waals surface area contributed by atoms with Crippen molar-refractivity contribution in [2.45, 2.75) is 39.2 Å². The van der Waals surface area contributed by atoms with Crippen LogP contribution < -0.4 is 20.1 Å². The minimum absolute atomic E-state index is 0.0511. The molecule has 0 spiro atoms. The highest BCUT2D eigenvalue weighted by atomic mass is 16.5. The van der Waals surface area contributed by atoms with Crippen molar-refractivity contribution in [1.82, 2.24) is 5.32 Å². The summed E-state index contributed by atoms with van der Waals surface area (Å²) in [5, 5.41) is 5.99. The number of aryl methyl sites for hydroxylation is 1. The fourth-order valence-corrected chi connectivity index (χ4v) is 3.72. The summed E-state index contributed by atoms with van der Waals surface area (Å²) < 4.78 is 10.5. The Hall–Kier alpha value is -3.28. The van der Waals surface area contributed by atoms with Crippen LogP contribution in [0.25, 0.3) is 0 Å². The van der Waals surface area contributed by atoms with Gasteiger partial charge in [-0.2, -0.15) is 0 Å². The van der Waals surface area contributed by atoms with Gasteiger partial charge in [-0.15, -0.1) is 0 Å². The van der Waals surface area contributed by atoms with Crippen molar-refractivity contribution in [3.8, 4) is 11.5 Å². The van der Waals surface area contributed by atoms with Crippen LogP contribution in [-0.2, 0) is 0 Å². The molecule has 0 heterocycles. The van der Waals surface area contributed by atoms with E-state index in [1.165, 1.54) is 7.11 Å². The minimum Gasteiger partial charge on any atom is -0.493 e. The number of rotatable bonds is 7. The first-order valence-electron chi connectivity index (χ1n) is 10.5. The van der Waals surface area contributed by atoms with Gasteiger partial charge in [0, 0.05) is 22.9 Å². The number of ether oxygens (including phenoxy) is 2. The molecule has 2 aromatic carbocycles. The largest absolute Gasteiger partial charge is 0.493 e. The zero-order valence-corrected chi connectivity index (χ0v) is 18.5. The maximum Gasteiger partial charge on any atom is 0.255 e. The number of anilines is 1. The maximum absolute atomic E-state index is 12.8. The average molecular weight is 423 g/mol. The van der Waals surface area contributed by atoms with Gasteiger partial charge in [0.2, 0.25) is 0 Å². The number of methoxy groups -OCH3 is 2. The Labute approximate surface area is 183 Å². The van der Waals surface area contributed by atoms with Crippen molar-refractivity contribution in [3.05, 3.63) is 65.2 Å². The van der Waals surface area contributed by atoms with Crippen LogP contribution in [0.5, 0.6) is 11.5 Å². The van der Waals surface area contributed by atoms with E-state index in [1.807, 2.05) is 19.9 Å². The van der Waals surface area contributed by atoms with Gasteiger partial charge in [0.25, 0.3) is 11.8 Å². The summed E-state index contributed by atoms with van der Waals surface area (Å²) in [4.78, 5) is 25.6. The molecule has 0 bridgehead atoms. The van der Waals surface area contributed by atoms with Gasteiger partial charge in [0.1, 0.15) is 0 Å². The molecule has 1 aliphatic rings. The maximum atomic E-state index is 12.8. The highest BCUT2D eigenvalue weighted by molar-refractivity contribution is 6.06. The first-order chi connectivity index (χ1) is 14.9. The van der Waals surface area contributed by atoms with E-state index in [0.29, 0.717) is 34.2 Å². The van der Waals surface area contributed by atoms with Crippen LogP contribution in [0.2, 0.25) is 0 Å². The monoisotopic (exact) mass is 422 g/mol. The Balaban J connectivity index is 1.73. The molecule has 6 heteroatoms. The fourth-order valence-electron chi connectivity index (χ4n) is 3.72. The molecule has 2 aromatic rings.